The standard InChI is InChI=1S/C8H22GeN2/c1-10(2)7-5-9-6-8-11(3)4/h5-9H2,1-4H3. The molecule has 0 saturated heterocycles. The van der Waals surface area contributed by atoms with Crippen molar-refractivity contribution in [1.82, 2.24) is 9.80 Å². The molecule has 3 heteroatoms. The van der Waals surface area contributed by atoms with E-state index in [4.69, 9.17) is 0 Å². The van der Waals surface area contributed by atoms with Gasteiger partial charge in [-0.3, -0.25) is 0 Å². The summed E-state index contributed by atoms with van der Waals surface area (Å²) in [7, 11) is 8.64. The van der Waals surface area contributed by atoms with E-state index >= 15 is 0 Å². The summed E-state index contributed by atoms with van der Waals surface area (Å²) in [5, 5.41) is 3.04. The fourth-order valence-electron chi connectivity index (χ4n) is 1.03. The van der Waals surface area contributed by atoms with Crippen LogP contribution in [0.5, 0.6) is 0 Å². The Morgan fingerprint density at radius 3 is 1.45 bits per heavy atom. The van der Waals surface area contributed by atoms with Gasteiger partial charge in [-0.15, -0.1) is 0 Å². The molecular formula is C8H22GeN2. The molecule has 0 aromatic carbocycles. The van der Waals surface area contributed by atoms with Gasteiger partial charge in [-0.2, -0.15) is 0 Å². The molecule has 0 unspecified atom stereocenters. The predicted octanol–water partition coefficient (Wildman–Crippen LogP) is 0.115. The van der Waals surface area contributed by atoms with Crippen LogP contribution in [0.2, 0.25) is 10.5 Å². The number of nitrogens with zero attached hydrogens (tertiary/aromatic N) is 2. The molecule has 0 N–H and O–H groups in total. The first-order valence-corrected chi connectivity index (χ1v) is 8.62. The van der Waals surface area contributed by atoms with Gasteiger partial charge in [-0.05, 0) is 0 Å². The summed E-state index contributed by atoms with van der Waals surface area (Å²) < 4.78 is 0. The van der Waals surface area contributed by atoms with Crippen molar-refractivity contribution < 1.29 is 0 Å². The third-order valence-electron chi connectivity index (χ3n) is 1.71. The number of hydrogen-bond donors (Lipinski definition) is 0. The number of hydrogen-bond acceptors (Lipinski definition) is 2. The second kappa shape index (κ2) is 7.13. The van der Waals surface area contributed by atoms with E-state index in [9.17, 15) is 0 Å². The van der Waals surface area contributed by atoms with Crippen LogP contribution in [0, 0.1) is 0 Å². The Hall–Kier alpha value is 0.463. The SMILES string of the molecule is CN(C)C[CH2][GeH2][CH2]CN(C)C. The van der Waals surface area contributed by atoms with E-state index in [1.54, 1.807) is 0 Å². The Bertz CT molecular complexity index is 74.2. The summed E-state index contributed by atoms with van der Waals surface area (Å²) in [5.41, 5.74) is 0. The molecule has 0 radical (unpaired) electrons. The molecule has 68 valence electrons. The molecule has 0 aromatic rings. The molecule has 0 heterocycles. The van der Waals surface area contributed by atoms with E-state index in [2.05, 4.69) is 38.0 Å². The zero-order valence-corrected chi connectivity index (χ0v) is 11.4. The normalized spacial score (nSPS) is 11.5. The maximum atomic E-state index is 2.29. The van der Waals surface area contributed by atoms with Gasteiger partial charge in [0.15, 0.2) is 0 Å². The fraction of sp³-hybridized carbons (Fsp3) is 1.00. The molecule has 0 aromatic heterocycles. The molecule has 0 saturated carbocycles. The topological polar surface area (TPSA) is 6.48 Å². The summed E-state index contributed by atoms with van der Waals surface area (Å²) in [6, 6.07) is 0. The van der Waals surface area contributed by atoms with Crippen LogP contribution in [0.3, 0.4) is 0 Å². The van der Waals surface area contributed by atoms with Crippen molar-refractivity contribution >= 4 is 15.4 Å². The van der Waals surface area contributed by atoms with Crippen molar-refractivity contribution in [2.75, 3.05) is 41.3 Å². The van der Waals surface area contributed by atoms with Crippen LogP contribution in [-0.4, -0.2) is 66.5 Å². The average molecular weight is 219 g/mol. The fourth-order valence-corrected chi connectivity index (χ4v) is 5.37. The number of rotatable bonds is 6. The van der Waals surface area contributed by atoms with Crippen LogP contribution in [0.15, 0.2) is 0 Å². The predicted molar refractivity (Wildman–Crippen MR) is 55.3 cm³/mol. The molecule has 0 amide bonds. The van der Waals surface area contributed by atoms with Crippen LogP contribution in [0.1, 0.15) is 0 Å². The maximum absolute atomic E-state index is 2.29. The quantitative estimate of drug-likeness (QED) is 0.462. The molecule has 0 aliphatic carbocycles. The first-order chi connectivity index (χ1) is 5.13. The van der Waals surface area contributed by atoms with Crippen LogP contribution in [0.4, 0.5) is 0 Å². The Morgan fingerprint density at radius 2 is 1.18 bits per heavy atom. The van der Waals surface area contributed by atoms with Crippen molar-refractivity contribution in [2.45, 2.75) is 10.5 Å². The second-order valence-electron chi connectivity index (χ2n) is 3.67. The zero-order chi connectivity index (χ0) is 8.69. The van der Waals surface area contributed by atoms with Gasteiger partial charge in [0.05, 0.1) is 0 Å². The Kier molecular flexibility index (Phi) is 7.43. The molecule has 0 rings (SSSR count). The molecule has 0 fully saturated rings. The molecule has 0 bridgehead atoms. The summed E-state index contributed by atoms with van der Waals surface area (Å²) in [5.74, 6) is 0. The summed E-state index contributed by atoms with van der Waals surface area (Å²) in [6.07, 6.45) is 0. The van der Waals surface area contributed by atoms with E-state index in [1.165, 1.54) is 23.6 Å². The van der Waals surface area contributed by atoms with E-state index in [1.807, 2.05) is 0 Å². The van der Waals surface area contributed by atoms with E-state index in [0.717, 1.165) is 0 Å². The molecule has 0 spiro atoms. The molecule has 0 aliphatic heterocycles. The van der Waals surface area contributed by atoms with Gasteiger partial charge < -0.3 is 0 Å². The molecule has 2 nitrogen and oxygen atoms in total. The monoisotopic (exact) mass is 220 g/mol. The molecule has 0 aliphatic rings. The third kappa shape index (κ3) is 10.5. The van der Waals surface area contributed by atoms with Gasteiger partial charge in [-0.1, -0.05) is 0 Å². The first kappa shape index (κ1) is 11.5. The minimum absolute atomic E-state index is 0.148. The van der Waals surface area contributed by atoms with Gasteiger partial charge in [0.1, 0.15) is 0 Å². The van der Waals surface area contributed by atoms with Crippen molar-refractivity contribution in [3.63, 3.8) is 0 Å². The minimum atomic E-state index is -0.148. The van der Waals surface area contributed by atoms with Crippen LogP contribution in [0.25, 0.3) is 0 Å². The summed E-state index contributed by atoms with van der Waals surface area (Å²) in [4.78, 5) is 4.59. The summed E-state index contributed by atoms with van der Waals surface area (Å²) >= 11 is -0.148. The van der Waals surface area contributed by atoms with Crippen molar-refractivity contribution in [3.8, 4) is 0 Å². The van der Waals surface area contributed by atoms with Crippen molar-refractivity contribution in [2.24, 2.45) is 0 Å². The third-order valence-corrected chi connectivity index (χ3v) is 5.14. The Balaban J connectivity index is 2.91. The van der Waals surface area contributed by atoms with Crippen molar-refractivity contribution in [1.29, 1.82) is 0 Å². The van der Waals surface area contributed by atoms with Gasteiger partial charge in [0.25, 0.3) is 0 Å². The van der Waals surface area contributed by atoms with E-state index < -0.39 is 0 Å². The Labute approximate surface area is 77.4 Å². The molecule has 0 atom stereocenters. The first-order valence-electron chi connectivity index (χ1n) is 4.42. The van der Waals surface area contributed by atoms with E-state index in [0.29, 0.717) is 0 Å². The Morgan fingerprint density at radius 1 is 0.818 bits per heavy atom. The average Bonchev–Trinajstić information content (AvgIpc) is 1.85. The molecular weight excluding hydrogens is 197 g/mol. The van der Waals surface area contributed by atoms with Gasteiger partial charge in [0.2, 0.25) is 0 Å². The van der Waals surface area contributed by atoms with Crippen molar-refractivity contribution in [3.05, 3.63) is 0 Å². The second-order valence-corrected chi connectivity index (χ2v) is 8.12. The van der Waals surface area contributed by atoms with Crippen LogP contribution < -0.4 is 0 Å². The van der Waals surface area contributed by atoms with Gasteiger partial charge >= 0.3 is 77.0 Å². The summed E-state index contributed by atoms with van der Waals surface area (Å²) in [6.45, 7) is 2.63. The van der Waals surface area contributed by atoms with Gasteiger partial charge in [0, 0.05) is 0 Å². The van der Waals surface area contributed by atoms with Crippen LogP contribution >= 0.6 is 0 Å². The molecule has 11 heavy (non-hydrogen) atoms. The van der Waals surface area contributed by atoms with Crippen LogP contribution in [-0.2, 0) is 0 Å². The van der Waals surface area contributed by atoms with E-state index in [-0.39, 0.29) is 15.4 Å². The zero-order valence-electron chi connectivity index (χ0n) is 8.43. The van der Waals surface area contributed by atoms with Gasteiger partial charge in [-0.25, -0.2) is 0 Å².